The van der Waals surface area contributed by atoms with E-state index in [0.717, 1.165) is 11.1 Å². The number of ether oxygens (including phenoxy) is 1. The lowest BCUT2D eigenvalue weighted by Crippen LogP contribution is -2.11. The van der Waals surface area contributed by atoms with Crippen molar-refractivity contribution in [2.45, 2.75) is 19.8 Å². The van der Waals surface area contributed by atoms with Crippen LogP contribution >= 0.6 is 24.8 Å². The fraction of sp³-hybridized carbons (Fsp3) is 0.385. The van der Waals surface area contributed by atoms with Gasteiger partial charge in [0.05, 0.1) is 5.56 Å². The van der Waals surface area contributed by atoms with Gasteiger partial charge >= 0.3 is 0 Å². The standard InChI is InChI=1S/C13H17N3O2.2ClH/c1-9(2)11-12(10-4-3-6-15-8-10)18-16-13(11)17-7-5-14;;/h3-4,6,8-9H,5,7,14H2,1-2H3;2*1H. The van der Waals surface area contributed by atoms with E-state index in [-0.39, 0.29) is 30.7 Å². The Kier molecular flexibility index (Phi) is 8.22. The van der Waals surface area contributed by atoms with Gasteiger partial charge in [-0.1, -0.05) is 13.8 Å². The van der Waals surface area contributed by atoms with E-state index in [1.807, 2.05) is 12.1 Å². The lowest BCUT2D eigenvalue weighted by atomic mass is 10.0. The van der Waals surface area contributed by atoms with Crippen LogP contribution in [0, 0.1) is 0 Å². The van der Waals surface area contributed by atoms with Crippen LogP contribution in [-0.4, -0.2) is 23.3 Å². The van der Waals surface area contributed by atoms with Gasteiger partial charge in [-0.3, -0.25) is 4.98 Å². The third-order valence-corrected chi connectivity index (χ3v) is 2.55. The maximum Gasteiger partial charge on any atom is 0.258 e. The molecule has 0 radical (unpaired) electrons. The molecule has 2 aromatic rings. The average molecular weight is 320 g/mol. The smallest absolute Gasteiger partial charge is 0.258 e. The predicted molar refractivity (Wildman–Crippen MR) is 82.9 cm³/mol. The number of hydrogen-bond donors (Lipinski definition) is 1. The van der Waals surface area contributed by atoms with E-state index in [1.54, 1.807) is 12.4 Å². The Balaban J connectivity index is 0.00000180. The normalized spacial score (nSPS) is 9.80. The number of nitrogens with two attached hydrogens (primary N) is 1. The first kappa shape index (κ1) is 18.7. The second kappa shape index (κ2) is 8.79. The summed E-state index contributed by atoms with van der Waals surface area (Å²) in [5, 5.41) is 3.97. The number of hydrogen-bond acceptors (Lipinski definition) is 5. The highest BCUT2D eigenvalue weighted by Crippen LogP contribution is 2.35. The molecular weight excluding hydrogens is 301 g/mol. The minimum absolute atomic E-state index is 0. The molecule has 2 rings (SSSR count). The van der Waals surface area contributed by atoms with E-state index in [2.05, 4.69) is 24.0 Å². The maximum absolute atomic E-state index is 5.50. The molecule has 0 aromatic carbocycles. The Bertz CT molecular complexity index is 504. The molecule has 112 valence electrons. The number of aromatic nitrogens is 2. The van der Waals surface area contributed by atoms with Crippen molar-refractivity contribution >= 4 is 24.8 Å². The fourth-order valence-electron chi connectivity index (χ4n) is 1.76. The quantitative estimate of drug-likeness (QED) is 0.916. The summed E-state index contributed by atoms with van der Waals surface area (Å²) in [6.07, 6.45) is 3.47. The number of rotatable bonds is 5. The molecule has 0 saturated carbocycles. The zero-order valence-electron chi connectivity index (χ0n) is 11.4. The SMILES string of the molecule is CC(C)c1c(OCCN)noc1-c1cccnc1.Cl.Cl. The summed E-state index contributed by atoms with van der Waals surface area (Å²) in [6.45, 7) is 5.02. The molecule has 5 nitrogen and oxygen atoms in total. The fourth-order valence-corrected chi connectivity index (χ4v) is 1.76. The zero-order chi connectivity index (χ0) is 13.0. The Hall–Kier alpha value is -1.30. The van der Waals surface area contributed by atoms with E-state index < -0.39 is 0 Å². The van der Waals surface area contributed by atoms with Gasteiger partial charge in [0.25, 0.3) is 5.88 Å². The Morgan fingerprint density at radius 1 is 1.35 bits per heavy atom. The van der Waals surface area contributed by atoms with Crippen LogP contribution in [0.25, 0.3) is 11.3 Å². The van der Waals surface area contributed by atoms with Crippen LogP contribution in [0.2, 0.25) is 0 Å². The first-order valence-electron chi connectivity index (χ1n) is 5.97. The zero-order valence-corrected chi connectivity index (χ0v) is 13.0. The van der Waals surface area contributed by atoms with Gasteiger partial charge in [0, 0.05) is 24.5 Å². The van der Waals surface area contributed by atoms with E-state index in [9.17, 15) is 0 Å². The minimum Gasteiger partial charge on any atom is -0.474 e. The van der Waals surface area contributed by atoms with Crippen LogP contribution in [0.4, 0.5) is 0 Å². The van der Waals surface area contributed by atoms with Crippen LogP contribution < -0.4 is 10.5 Å². The molecular formula is C13H19Cl2N3O2. The Labute approximate surface area is 130 Å². The van der Waals surface area contributed by atoms with Crippen molar-refractivity contribution in [1.29, 1.82) is 0 Å². The summed E-state index contributed by atoms with van der Waals surface area (Å²) in [4.78, 5) is 4.08. The van der Waals surface area contributed by atoms with Crippen LogP contribution in [0.3, 0.4) is 0 Å². The van der Waals surface area contributed by atoms with Crippen LogP contribution in [0.1, 0.15) is 25.3 Å². The van der Waals surface area contributed by atoms with Crippen LogP contribution in [0.5, 0.6) is 5.88 Å². The molecule has 0 aliphatic rings. The van der Waals surface area contributed by atoms with Crippen LogP contribution in [0.15, 0.2) is 29.0 Å². The molecule has 2 aromatic heterocycles. The molecule has 0 unspecified atom stereocenters. The minimum atomic E-state index is 0. The van der Waals surface area contributed by atoms with Crippen molar-refractivity contribution in [2.75, 3.05) is 13.2 Å². The van der Waals surface area contributed by atoms with Gasteiger partial charge in [-0.25, -0.2) is 0 Å². The molecule has 2 N–H and O–H groups in total. The summed E-state index contributed by atoms with van der Waals surface area (Å²) in [5.41, 5.74) is 7.28. The summed E-state index contributed by atoms with van der Waals surface area (Å²) in [7, 11) is 0. The average Bonchev–Trinajstić information content (AvgIpc) is 2.81. The van der Waals surface area contributed by atoms with Gasteiger partial charge in [0.1, 0.15) is 6.61 Å². The van der Waals surface area contributed by atoms with Crippen molar-refractivity contribution in [3.63, 3.8) is 0 Å². The van der Waals surface area contributed by atoms with Gasteiger partial charge in [-0.05, 0) is 23.2 Å². The summed E-state index contributed by atoms with van der Waals surface area (Å²) < 4.78 is 10.9. The summed E-state index contributed by atoms with van der Waals surface area (Å²) in [5.74, 6) is 1.48. The predicted octanol–water partition coefficient (Wildman–Crippen LogP) is 3.04. The highest BCUT2D eigenvalue weighted by atomic mass is 35.5. The van der Waals surface area contributed by atoms with Gasteiger partial charge in [-0.2, -0.15) is 0 Å². The summed E-state index contributed by atoms with van der Waals surface area (Å²) in [6, 6.07) is 3.80. The van der Waals surface area contributed by atoms with E-state index in [1.165, 1.54) is 0 Å². The number of halogens is 2. The molecule has 0 fully saturated rings. The van der Waals surface area contributed by atoms with E-state index >= 15 is 0 Å². The molecule has 2 heterocycles. The first-order chi connectivity index (χ1) is 8.74. The second-order valence-corrected chi connectivity index (χ2v) is 4.26. The molecule has 0 aliphatic carbocycles. The molecule has 0 spiro atoms. The van der Waals surface area contributed by atoms with Crippen molar-refractivity contribution in [2.24, 2.45) is 5.73 Å². The van der Waals surface area contributed by atoms with Crippen LogP contribution in [-0.2, 0) is 0 Å². The highest BCUT2D eigenvalue weighted by molar-refractivity contribution is 5.85. The Morgan fingerprint density at radius 2 is 2.10 bits per heavy atom. The molecule has 0 atom stereocenters. The van der Waals surface area contributed by atoms with Crippen molar-refractivity contribution in [3.05, 3.63) is 30.1 Å². The van der Waals surface area contributed by atoms with E-state index in [4.69, 9.17) is 15.0 Å². The highest BCUT2D eigenvalue weighted by Gasteiger charge is 2.21. The second-order valence-electron chi connectivity index (χ2n) is 4.26. The third kappa shape index (κ3) is 4.10. The maximum atomic E-state index is 5.50. The largest absolute Gasteiger partial charge is 0.474 e. The van der Waals surface area contributed by atoms with Gasteiger partial charge in [0.2, 0.25) is 0 Å². The van der Waals surface area contributed by atoms with Gasteiger partial charge in [-0.15, -0.1) is 24.8 Å². The lowest BCUT2D eigenvalue weighted by molar-refractivity contribution is 0.286. The molecule has 0 saturated heterocycles. The number of nitrogens with zero attached hydrogens (tertiary/aromatic N) is 2. The van der Waals surface area contributed by atoms with Crippen molar-refractivity contribution in [1.82, 2.24) is 10.1 Å². The first-order valence-corrected chi connectivity index (χ1v) is 5.97. The lowest BCUT2D eigenvalue weighted by Gasteiger charge is -2.07. The van der Waals surface area contributed by atoms with Crippen molar-refractivity contribution in [3.8, 4) is 17.2 Å². The number of pyridine rings is 1. The third-order valence-electron chi connectivity index (χ3n) is 2.55. The molecule has 20 heavy (non-hydrogen) atoms. The van der Waals surface area contributed by atoms with Gasteiger partial charge < -0.3 is 15.0 Å². The monoisotopic (exact) mass is 319 g/mol. The molecule has 0 aliphatic heterocycles. The molecule has 0 bridgehead atoms. The van der Waals surface area contributed by atoms with Gasteiger partial charge in [0.15, 0.2) is 5.76 Å². The molecule has 0 amide bonds. The Morgan fingerprint density at radius 3 is 2.65 bits per heavy atom. The topological polar surface area (TPSA) is 74.2 Å². The van der Waals surface area contributed by atoms with Crippen molar-refractivity contribution < 1.29 is 9.26 Å². The van der Waals surface area contributed by atoms with E-state index in [0.29, 0.717) is 24.8 Å². The summed E-state index contributed by atoms with van der Waals surface area (Å²) >= 11 is 0. The molecule has 7 heteroatoms.